The number of sulfone groups is 1. The maximum Gasteiger partial charge on any atom is 0.309 e. The summed E-state index contributed by atoms with van der Waals surface area (Å²) in [7, 11) is -2.38. The first-order valence-corrected chi connectivity index (χ1v) is 10.7. The van der Waals surface area contributed by atoms with Gasteiger partial charge in [0.25, 0.3) is 0 Å². The molecule has 2 rings (SSSR count). The SMILES string of the molecule is CC[C@H](C)NC(=O)C(=O)NC[C@H](c1cccnc1)S(=O)(=O)c1ccc(OC)cc1. The first kappa shape index (κ1) is 22.4. The van der Waals surface area contributed by atoms with Crippen LogP contribution in [-0.2, 0) is 19.4 Å². The lowest BCUT2D eigenvalue weighted by Crippen LogP contribution is -2.45. The number of nitrogens with one attached hydrogen (secondary N) is 2. The van der Waals surface area contributed by atoms with Crippen LogP contribution in [0.5, 0.6) is 5.75 Å². The molecule has 0 radical (unpaired) electrons. The van der Waals surface area contributed by atoms with E-state index in [9.17, 15) is 18.0 Å². The average Bonchev–Trinajstić information content (AvgIpc) is 2.74. The highest BCUT2D eigenvalue weighted by Crippen LogP contribution is 2.29. The van der Waals surface area contributed by atoms with E-state index in [0.717, 1.165) is 0 Å². The molecule has 1 aromatic carbocycles. The quantitative estimate of drug-likeness (QED) is 0.629. The number of methoxy groups -OCH3 is 1. The highest BCUT2D eigenvalue weighted by molar-refractivity contribution is 7.91. The van der Waals surface area contributed by atoms with Crippen molar-refractivity contribution < 1.29 is 22.7 Å². The maximum absolute atomic E-state index is 13.2. The summed E-state index contributed by atoms with van der Waals surface area (Å²) < 4.78 is 31.5. The van der Waals surface area contributed by atoms with Gasteiger partial charge < -0.3 is 15.4 Å². The third-order valence-corrected chi connectivity index (χ3v) is 6.58. The maximum atomic E-state index is 13.2. The van der Waals surface area contributed by atoms with Crippen molar-refractivity contribution in [3.05, 3.63) is 54.4 Å². The van der Waals surface area contributed by atoms with Gasteiger partial charge in [0.2, 0.25) is 0 Å². The Labute approximate surface area is 170 Å². The number of amides is 2. The summed E-state index contributed by atoms with van der Waals surface area (Å²) in [5, 5.41) is 3.87. The van der Waals surface area contributed by atoms with E-state index in [4.69, 9.17) is 4.74 Å². The standard InChI is InChI=1S/C20H25N3O5S/c1-4-14(2)23-20(25)19(24)22-13-18(15-6-5-11-21-12-15)29(26,27)17-9-7-16(28-3)8-10-17/h5-12,14,18H,4,13H2,1-3H3,(H,22,24)(H,23,25)/t14-,18+/m0/s1. The van der Waals surface area contributed by atoms with Gasteiger partial charge in [0.1, 0.15) is 11.0 Å². The van der Waals surface area contributed by atoms with Gasteiger partial charge in [-0.05, 0) is 49.2 Å². The summed E-state index contributed by atoms with van der Waals surface area (Å²) in [6, 6.07) is 9.04. The minimum Gasteiger partial charge on any atom is -0.497 e. The molecule has 0 bridgehead atoms. The molecular weight excluding hydrogens is 394 g/mol. The molecule has 0 aliphatic carbocycles. The topological polar surface area (TPSA) is 114 Å². The number of pyridine rings is 1. The van der Waals surface area contributed by atoms with Gasteiger partial charge >= 0.3 is 11.8 Å². The van der Waals surface area contributed by atoms with E-state index in [1.165, 1.54) is 31.6 Å². The number of aromatic nitrogens is 1. The Bertz CT molecular complexity index is 930. The number of nitrogens with zero attached hydrogens (tertiary/aromatic N) is 1. The lowest BCUT2D eigenvalue weighted by Gasteiger charge is -2.19. The summed E-state index contributed by atoms with van der Waals surface area (Å²) in [4.78, 5) is 28.1. The van der Waals surface area contributed by atoms with Gasteiger partial charge in [-0.25, -0.2) is 8.42 Å². The summed E-state index contributed by atoms with van der Waals surface area (Å²) in [6.07, 6.45) is 3.62. The van der Waals surface area contributed by atoms with Crippen molar-refractivity contribution in [1.82, 2.24) is 15.6 Å². The van der Waals surface area contributed by atoms with E-state index in [0.29, 0.717) is 17.7 Å². The lowest BCUT2D eigenvalue weighted by atomic mass is 10.2. The monoisotopic (exact) mass is 419 g/mol. The predicted octanol–water partition coefficient (Wildman–Crippen LogP) is 1.64. The second-order valence-corrected chi connectivity index (χ2v) is 8.62. The van der Waals surface area contributed by atoms with Crippen LogP contribution in [0.4, 0.5) is 0 Å². The molecule has 0 spiro atoms. The van der Waals surface area contributed by atoms with Crippen molar-refractivity contribution in [3.63, 3.8) is 0 Å². The molecule has 8 nitrogen and oxygen atoms in total. The van der Waals surface area contributed by atoms with Crippen LogP contribution in [0.2, 0.25) is 0 Å². The Morgan fingerprint density at radius 2 is 1.83 bits per heavy atom. The minimum absolute atomic E-state index is 0.0745. The van der Waals surface area contributed by atoms with Crippen molar-refractivity contribution in [1.29, 1.82) is 0 Å². The highest BCUT2D eigenvalue weighted by atomic mass is 32.2. The summed E-state index contributed by atoms with van der Waals surface area (Å²) >= 11 is 0. The van der Waals surface area contributed by atoms with Gasteiger partial charge in [-0.3, -0.25) is 14.6 Å². The Kier molecular flexibility index (Phi) is 7.72. The zero-order valence-electron chi connectivity index (χ0n) is 16.6. The van der Waals surface area contributed by atoms with E-state index in [1.807, 2.05) is 6.92 Å². The Morgan fingerprint density at radius 1 is 1.14 bits per heavy atom. The average molecular weight is 420 g/mol. The van der Waals surface area contributed by atoms with Crippen LogP contribution in [0.25, 0.3) is 0 Å². The molecule has 0 saturated carbocycles. The fourth-order valence-corrected chi connectivity index (χ4v) is 4.20. The summed E-state index contributed by atoms with van der Waals surface area (Å²) in [5.74, 6) is -1.16. The second-order valence-electron chi connectivity index (χ2n) is 6.49. The number of hydrogen-bond acceptors (Lipinski definition) is 6. The highest BCUT2D eigenvalue weighted by Gasteiger charge is 2.30. The van der Waals surface area contributed by atoms with Crippen molar-refractivity contribution >= 4 is 21.7 Å². The molecule has 2 aromatic rings. The molecule has 2 amide bonds. The molecule has 9 heteroatoms. The molecule has 1 heterocycles. The number of hydrogen-bond donors (Lipinski definition) is 2. The smallest absolute Gasteiger partial charge is 0.309 e. The predicted molar refractivity (Wildman–Crippen MR) is 108 cm³/mol. The van der Waals surface area contributed by atoms with E-state index in [1.54, 1.807) is 31.2 Å². The number of rotatable bonds is 8. The molecule has 2 N–H and O–H groups in total. The summed E-state index contributed by atoms with van der Waals surface area (Å²) in [5.41, 5.74) is 0.408. The van der Waals surface area contributed by atoms with Crippen LogP contribution < -0.4 is 15.4 Å². The van der Waals surface area contributed by atoms with Crippen LogP contribution in [0, 0.1) is 0 Å². The van der Waals surface area contributed by atoms with Crippen molar-refractivity contribution in [2.24, 2.45) is 0 Å². The molecule has 2 atom stereocenters. The number of benzene rings is 1. The van der Waals surface area contributed by atoms with Crippen LogP contribution in [0.1, 0.15) is 31.1 Å². The Morgan fingerprint density at radius 3 is 2.38 bits per heavy atom. The fourth-order valence-electron chi connectivity index (χ4n) is 2.56. The van der Waals surface area contributed by atoms with Crippen LogP contribution in [0.3, 0.4) is 0 Å². The molecule has 0 unspecified atom stereocenters. The number of carbonyl (C=O) groups is 2. The molecular formula is C20H25N3O5S. The molecule has 0 saturated heterocycles. The normalized spacial score (nSPS) is 13.2. The molecule has 0 aliphatic heterocycles. The van der Waals surface area contributed by atoms with Crippen molar-refractivity contribution in [3.8, 4) is 5.75 Å². The van der Waals surface area contributed by atoms with Crippen LogP contribution >= 0.6 is 0 Å². The van der Waals surface area contributed by atoms with Crippen molar-refractivity contribution in [2.45, 2.75) is 36.5 Å². The van der Waals surface area contributed by atoms with E-state index < -0.39 is 26.9 Å². The van der Waals surface area contributed by atoms with Crippen LogP contribution in [0.15, 0.2) is 53.7 Å². The number of carbonyl (C=O) groups excluding carboxylic acids is 2. The zero-order valence-corrected chi connectivity index (χ0v) is 17.4. The lowest BCUT2D eigenvalue weighted by molar-refractivity contribution is -0.139. The van der Waals surface area contributed by atoms with Crippen molar-refractivity contribution in [2.75, 3.05) is 13.7 Å². The Balaban J connectivity index is 2.26. The van der Waals surface area contributed by atoms with E-state index >= 15 is 0 Å². The minimum atomic E-state index is -3.87. The zero-order chi connectivity index (χ0) is 21.4. The second kappa shape index (κ2) is 10.0. The van der Waals surface area contributed by atoms with Crippen LogP contribution in [-0.4, -0.2) is 44.9 Å². The molecule has 29 heavy (non-hydrogen) atoms. The van der Waals surface area contributed by atoms with Gasteiger partial charge in [0, 0.05) is 25.0 Å². The molecule has 156 valence electrons. The van der Waals surface area contributed by atoms with Gasteiger partial charge in [0.05, 0.1) is 12.0 Å². The van der Waals surface area contributed by atoms with Gasteiger partial charge in [-0.15, -0.1) is 0 Å². The van der Waals surface area contributed by atoms with Gasteiger partial charge in [-0.1, -0.05) is 13.0 Å². The fraction of sp³-hybridized carbons (Fsp3) is 0.350. The van der Waals surface area contributed by atoms with Gasteiger partial charge in [-0.2, -0.15) is 0 Å². The first-order chi connectivity index (χ1) is 13.8. The third-order valence-electron chi connectivity index (χ3n) is 4.46. The van der Waals surface area contributed by atoms with Gasteiger partial charge in [0.15, 0.2) is 9.84 Å². The largest absolute Gasteiger partial charge is 0.497 e. The molecule has 0 fully saturated rings. The third kappa shape index (κ3) is 5.77. The van der Waals surface area contributed by atoms with E-state index in [2.05, 4.69) is 15.6 Å². The number of ether oxygens (including phenoxy) is 1. The summed E-state index contributed by atoms with van der Waals surface area (Å²) in [6.45, 7) is 3.38. The Hall–Kier alpha value is -2.94. The van der Waals surface area contributed by atoms with E-state index in [-0.39, 0.29) is 17.5 Å². The molecule has 0 aliphatic rings. The first-order valence-electron chi connectivity index (χ1n) is 9.16. The molecule has 1 aromatic heterocycles.